The molecule has 2 aliphatic heterocycles. The van der Waals surface area contributed by atoms with Crippen LogP contribution in [-0.4, -0.2) is 56.6 Å². The standard InChI is InChI=1S/C18H25ClN4O2/c1-20-7-4-13-5-9-22(10-6-13)17(24)15-12-14(2-3-16(15)19)23-11-8-21-18(23)25/h2-3,12-13,20H,4-11H2,1H3,(H,21,25). The fourth-order valence-corrected chi connectivity index (χ4v) is 3.70. The molecule has 3 rings (SSSR count). The molecule has 2 N–H and O–H groups in total. The van der Waals surface area contributed by atoms with E-state index in [-0.39, 0.29) is 11.9 Å². The molecule has 3 amide bonds. The number of halogens is 1. The lowest BCUT2D eigenvalue weighted by atomic mass is 9.93. The van der Waals surface area contributed by atoms with Crippen LogP contribution in [0.5, 0.6) is 0 Å². The smallest absolute Gasteiger partial charge is 0.321 e. The van der Waals surface area contributed by atoms with E-state index >= 15 is 0 Å². The Hall–Kier alpha value is -1.79. The number of urea groups is 1. The van der Waals surface area contributed by atoms with E-state index in [1.54, 1.807) is 23.1 Å². The third kappa shape index (κ3) is 4.07. The lowest BCUT2D eigenvalue weighted by Gasteiger charge is -2.32. The number of nitrogens with zero attached hydrogens (tertiary/aromatic N) is 2. The molecule has 0 radical (unpaired) electrons. The van der Waals surface area contributed by atoms with Gasteiger partial charge in [0.2, 0.25) is 0 Å². The minimum absolute atomic E-state index is 0.0430. The molecule has 0 aromatic heterocycles. The molecule has 0 aliphatic carbocycles. The minimum Gasteiger partial charge on any atom is -0.339 e. The first-order valence-corrected chi connectivity index (χ1v) is 9.26. The summed E-state index contributed by atoms with van der Waals surface area (Å²) in [5, 5.41) is 6.39. The van der Waals surface area contributed by atoms with Gasteiger partial charge in [0.05, 0.1) is 10.6 Å². The Balaban J connectivity index is 1.69. The summed E-state index contributed by atoms with van der Waals surface area (Å²) in [6.45, 7) is 3.76. The SMILES string of the molecule is CNCCC1CCN(C(=O)c2cc(N3CCNC3=O)ccc2Cl)CC1. The highest BCUT2D eigenvalue weighted by Crippen LogP contribution is 2.27. The monoisotopic (exact) mass is 364 g/mol. The molecule has 1 aromatic rings. The van der Waals surface area contributed by atoms with Crippen LogP contribution < -0.4 is 15.5 Å². The van der Waals surface area contributed by atoms with Crippen LogP contribution in [0.1, 0.15) is 29.6 Å². The van der Waals surface area contributed by atoms with E-state index < -0.39 is 0 Å². The number of likely N-dealkylation sites (tertiary alicyclic amines) is 1. The van der Waals surface area contributed by atoms with Crippen LogP contribution in [-0.2, 0) is 0 Å². The van der Waals surface area contributed by atoms with E-state index in [0.29, 0.717) is 35.3 Å². The summed E-state index contributed by atoms with van der Waals surface area (Å²) in [6.07, 6.45) is 3.21. The molecule has 25 heavy (non-hydrogen) atoms. The third-order valence-electron chi connectivity index (χ3n) is 5.05. The normalized spacial score (nSPS) is 18.6. The van der Waals surface area contributed by atoms with Gasteiger partial charge in [-0.25, -0.2) is 4.79 Å². The van der Waals surface area contributed by atoms with Gasteiger partial charge in [-0.1, -0.05) is 11.6 Å². The van der Waals surface area contributed by atoms with Crippen LogP contribution >= 0.6 is 11.6 Å². The van der Waals surface area contributed by atoms with Crippen molar-refractivity contribution in [1.82, 2.24) is 15.5 Å². The van der Waals surface area contributed by atoms with Gasteiger partial charge in [0, 0.05) is 31.9 Å². The molecule has 2 aliphatic rings. The zero-order chi connectivity index (χ0) is 17.8. The average molecular weight is 365 g/mol. The second-order valence-corrected chi connectivity index (χ2v) is 7.08. The number of carbonyl (C=O) groups is 2. The predicted octanol–water partition coefficient (Wildman–Crippen LogP) is 2.33. The Bertz CT molecular complexity index is 644. The first-order valence-electron chi connectivity index (χ1n) is 8.89. The van der Waals surface area contributed by atoms with Crippen molar-refractivity contribution in [3.63, 3.8) is 0 Å². The zero-order valence-corrected chi connectivity index (χ0v) is 15.3. The van der Waals surface area contributed by atoms with Gasteiger partial charge in [0.1, 0.15) is 0 Å². The summed E-state index contributed by atoms with van der Waals surface area (Å²) in [4.78, 5) is 28.3. The molecule has 0 bridgehead atoms. The van der Waals surface area contributed by atoms with Crippen molar-refractivity contribution in [3.05, 3.63) is 28.8 Å². The molecule has 0 saturated carbocycles. The van der Waals surface area contributed by atoms with Gasteiger partial charge in [-0.05, 0) is 57.0 Å². The summed E-state index contributed by atoms with van der Waals surface area (Å²) in [7, 11) is 1.97. The molecular formula is C18H25ClN4O2. The van der Waals surface area contributed by atoms with Gasteiger partial charge < -0.3 is 15.5 Å². The van der Waals surface area contributed by atoms with E-state index in [0.717, 1.165) is 38.9 Å². The largest absolute Gasteiger partial charge is 0.339 e. The van der Waals surface area contributed by atoms with Crippen molar-refractivity contribution in [3.8, 4) is 0 Å². The fourth-order valence-electron chi connectivity index (χ4n) is 3.51. The number of rotatable bonds is 5. The van der Waals surface area contributed by atoms with Crippen molar-refractivity contribution in [1.29, 1.82) is 0 Å². The Morgan fingerprint density at radius 3 is 2.72 bits per heavy atom. The van der Waals surface area contributed by atoms with E-state index in [1.165, 1.54) is 0 Å². The molecular weight excluding hydrogens is 340 g/mol. The van der Waals surface area contributed by atoms with E-state index in [4.69, 9.17) is 11.6 Å². The van der Waals surface area contributed by atoms with Gasteiger partial charge in [-0.3, -0.25) is 9.69 Å². The molecule has 2 fully saturated rings. The lowest BCUT2D eigenvalue weighted by Crippen LogP contribution is -2.39. The number of anilines is 1. The van der Waals surface area contributed by atoms with Crippen LogP contribution in [0.25, 0.3) is 0 Å². The molecule has 6 nitrogen and oxygen atoms in total. The molecule has 1 aromatic carbocycles. The highest BCUT2D eigenvalue weighted by molar-refractivity contribution is 6.34. The van der Waals surface area contributed by atoms with Gasteiger partial charge in [-0.2, -0.15) is 0 Å². The molecule has 0 spiro atoms. The van der Waals surface area contributed by atoms with Gasteiger partial charge in [-0.15, -0.1) is 0 Å². The second kappa shape index (κ2) is 8.06. The molecule has 136 valence electrons. The number of piperidine rings is 1. The first-order chi connectivity index (χ1) is 12.1. The van der Waals surface area contributed by atoms with Crippen molar-refractivity contribution < 1.29 is 9.59 Å². The van der Waals surface area contributed by atoms with E-state index in [2.05, 4.69) is 10.6 Å². The number of hydrogen-bond donors (Lipinski definition) is 2. The quantitative estimate of drug-likeness (QED) is 0.842. The molecule has 0 atom stereocenters. The molecule has 0 unspecified atom stereocenters. The predicted molar refractivity (Wildman–Crippen MR) is 99.4 cm³/mol. The molecule has 7 heteroatoms. The van der Waals surface area contributed by atoms with Gasteiger partial charge in [0.15, 0.2) is 0 Å². The Kier molecular flexibility index (Phi) is 5.81. The topological polar surface area (TPSA) is 64.7 Å². The highest BCUT2D eigenvalue weighted by Gasteiger charge is 2.27. The van der Waals surface area contributed by atoms with Crippen LogP contribution in [0, 0.1) is 5.92 Å². The van der Waals surface area contributed by atoms with Crippen LogP contribution in [0.2, 0.25) is 5.02 Å². The maximum absolute atomic E-state index is 12.9. The van der Waals surface area contributed by atoms with E-state index in [9.17, 15) is 9.59 Å². The van der Waals surface area contributed by atoms with Crippen molar-refractivity contribution in [2.75, 3.05) is 44.7 Å². The minimum atomic E-state index is -0.133. The Morgan fingerprint density at radius 2 is 2.08 bits per heavy atom. The summed E-state index contributed by atoms with van der Waals surface area (Å²) in [5.74, 6) is 0.630. The number of carbonyl (C=O) groups excluding carboxylic acids is 2. The third-order valence-corrected chi connectivity index (χ3v) is 5.38. The van der Waals surface area contributed by atoms with Gasteiger partial charge >= 0.3 is 6.03 Å². The fraction of sp³-hybridized carbons (Fsp3) is 0.556. The van der Waals surface area contributed by atoms with Crippen LogP contribution in [0.4, 0.5) is 10.5 Å². The number of benzene rings is 1. The van der Waals surface area contributed by atoms with Gasteiger partial charge in [0.25, 0.3) is 5.91 Å². The molecule has 2 saturated heterocycles. The Labute approximate surface area is 153 Å². The van der Waals surface area contributed by atoms with Crippen molar-refractivity contribution in [2.24, 2.45) is 5.92 Å². The summed E-state index contributed by atoms with van der Waals surface area (Å²) < 4.78 is 0. The second-order valence-electron chi connectivity index (χ2n) is 6.68. The molecule has 2 heterocycles. The summed E-state index contributed by atoms with van der Waals surface area (Å²) in [5.41, 5.74) is 1.19. The van der Waals surface area contributed by atoms with E-state index in [1.807, 2.05) is 11.9 Å². The summed E-state index contributed by atoms with van der Waals surface area (Å²) in [6, 6.07) is 5.09. The zero-order valence-electron chi connectivity index (χ0n) is 14.6. The Morgan fingerprint density at radius 1 is 1.32 bits per heavy atom. The first kappa shape index (κ1) is 18.0. The maximum atomic E-state index is 12.9. The number of nitrogens with one attached hydrogen (secondary N) is 2. The maximum Gasteiger partial charge on any atom is 0.321 e. The number of hydrogen-bond acceptors (Lipinski definition) is 3. The average Bonchev–Trinajstić information content (AvgIpc) is 3.06. The van der Waals surface area contributed by atoms with Crippen molar-refractivity contribution in [2.45, 2.75) is 19.3 Å². The summed E-state index contributed by atoms with van der Waals surface area (Å²) >= 11 is 6.28. The number of amides is 3. The highest BCUT2D eigenvalue weighted by atomic mass is 35.5. The van der Waals surface area contributed by atoms with Crippen LogP contribution in [0.3, 0.4) is 0 Å². The van der Waals surface area contributed by atoms with Crippen molar-refractivity contribution >= 4 is 29.2 Å². The lowest BCUT2D eigenvalue weighted by molar-refractivity contribution is 0.0687. The van der Waals surface area contributed by atoms with Crippen LogP contribution in [0.15, 0.2) is 18.2 Å².